The maximum atomic E-state index is 12.7. The monoisotopic (exact) mass is 377 g/mol. The van der Waals surface area contributed by atoms with Gasteiger partial charge in [0.2, 0.25) is 5.91 Å². The van der Waals surface area contributed by atoms with E-state index in [4.69, 9.17) is 0 Å². The van der Waals surface area contributed by atoms with E-state index in [1.54, 1.807) is 24.3 Å². The first-order valence-electron chi connectivity index (χ1n) is 9.04. The largest absolute Gasteiger partial charge is 0.355 e. The van der Waals surface area contributed by atoms with E-state index in [1.807, 2.05) is 32.9 Å². The molecule has 1 aromatic heterocycles. The van der Waals surface area contributed by atoms with Gasteiger partial charge in [0.05, 0.1) is 11.1 Å². The Hall–Kier alpha value is -3.41. The molecule has 0 unspecified atom stereocenters. The summed E-state index contributed by atoms with van der Waals surface area (Å²) in [5, 5.41) is 6.08. The average molecular weight is 377 g/mol. The van der Waals surface area contributed by atoms with Crippen molar-refractivity contribution in [1.29, 1.82) is 0 Å². The molecule has 1 heterocycles. The van der Waals surface area contributed by atoms with Gasteiger partial charge in [0.25, 0.3) is 11.5 Å². The topological polar surface area (TPSA) is 80.2 Å². The minimum atomic E-state index is -0.398. The molecule has 144 valence electrons. The van der Waals surface area contributed by atoms with Crippen LogP contribution in [-0.2, 0) is 11.3 Å². The van der Waals surface area contributed by atoms with E-state index in [2.05, 4.69) is 10.6 Å². The maximum Gasteiger partial charge on any atom is 0.252 e. The van der Waals surface area contributed by atoms with E-state index < -0.39 is 5.56 Å². The Balaban J connectivity index is 1.99. The highest BCUT2D eigenvalue weighted by Crippen LogP contribution is 2.22. The smallest absolute Gasteiger partial charge is 0.252 e. The number of nitrogens with zero attached hydrogens (tertiary/aromatic N) is 1. The normalized spacial score (nSPS) is 10.7. The highest BCUT2D eigenvalue weighted by Gasteiger charge is 2.16. The lowest BCUT2D eigenvalue weighted by molar-refractivity contribution is -0.116. The molecule has 0 radical (unpaired) electrons. The number of amides is 2. The number of anilines is 1. The minimum Gasteiger partial charge on any atom is -0.355 e. The van der Waals surface area contributed by atoms with Gasteiger partial charge in [0, 0.05) is 24.2 Å². The van der Waals surface area contributed by atoms with E-state index in [-0.39, 0.29) is 18.4 Å². The van der Waals surface area contributed by atoms with Crippen molar-refractivity contribution in [1.82, 2.24) is 9.88 Å². The van der Waals surface area contributed by atoms with Gasteiger partial charge in [-0.1, -0.05) is 35.9 Å². The zero-order chi connectivity index (χ0) is 20.4. The van der Waals surface area contributed by atoms with Crippen LogP contribution in [0, 0.1) is 20.8 Å². The van der Waals surface area contributed by atoms with Crippen LogP contribution in [0.5, 0.6) is 0 Å². The molecule has 6 nitrogen and oxygen atoms in total. The lowest BCUT2D eigenvalue weighted by atomic mass is 10.1. The third kappa shape index (κ3) is 3.67. The zero-order valence-corrected chi connectivity index (χ0v) is 16.4. The van der Waals surface area contributed by atoms with E-state index in [0.29, 0.717) is 16.5 Å². The number of carbonyl (C=O) groups excluding carboxylic acids is 2. The van der Waals surface area contributed by atoms with Gasteiger partial charge in [-0.2, -0.15) is 0 Å². The SMILES string of the molecule is CNC(=O)c1cc(=O)n(CC(=O)Nc2c(C)cc(C)cc2C)c2ccccc12. The van der Waals surface area contributed by atoms with Crippen LogP contribution in [0.4, 0.5) is 5.69 Å². The summed E-state index contributed by atoms with van der Waals surface area (Å²) in [6, 6.07) is 12.4. The van der Waals surface area contributed by atoms with E-state index in [9.17, 15) is 14.4 Å². The fraction of sp³-hybridized carbons (Fsp3) is 0.227. The standard InChI is InChI=1S/C22H23N3O3/c1-13-9-14(2)21(15(3)10-13)24-19(26)12-25-18-8-6-5-7-16(18)17(11-20(25)27)22(28)23-4/h5-11H,12H2,1-4H3,(H,23,28)(H,24,26). The zero-order valence-electron chi connectivity index (χ0n) is 16.4. The number of rotatable bonds is 4. The number of aryl methyl sites for hydroxylation is 3. The third-order valence-corrected chi connectivity index (χ3v) is 4.73. The van der Waals surface area contributed by atoms with Crippen LogP contribution < -0.4 is 16.2 Å². The Kier molecular flexibility index (Phi) is 5.31. The molecule has 0 atom stereocenters. The van der Waals surface area contributed by atoms with Crippen molar-refractivity contribution in [2.75, 3.05) is 12.4 Å². The number of aromatic nitrogens is 1. The number of nitrogens with one attached hydrogen (secondary N) is 2. The number of carbonyl (C=O) groups is 2. The fourth-order valence-corrected chi connectivity index (χ4v) is 3.52. The van der Waals surface area contributed by atoms with Gasteiger partial charge in [-0.05, 0) is 38.0 Å². The lowest BCUT2D eigenvalue weighted by Crippen LogP contribution is -2.30. The number of hydrogen-bond acceptors (Lipinski definition) is 3. The second-order valence-corrected chi connectivity index (χ2v) is 6.90. The minimum absolute atomic E-state index is 0.139. The first kappa shape index (κ1) is 19.4. The molecule has 0 aliphatic rings. The molecule has 0 fully saturated rings. The molecule has 3 rings (SSSR count). The van der Waals surface area contributed by atoms with Gasteiger partial charge in [-0.3, -0.25) is 19.0 Å². The Morgan fingerprint density at radius 3 is 2.29 bits per heavy atom. The van der Waals surface area contributed by atoms with Crippen LogP contribution in [0.15, 0.2) is 47.3 Å². The molecule has 6 heteroatoms. The van der Waals surface area contributed by atoms with Crippen LogP contribution in [-0.4, -0.2) is 23.4 Å². The highest BCUT2D eigenvalue weighted by atomic mass is 16.2. The van der Waals surface area contributed by atoms with Crippen molar-refractivity contribution >= 4 is 28.4 Å². The number of hydrogen-bond donors (Lipinski definition) is 2. The van der Waals surface area contributed by atoms with Crippen LogP contribution in [0.1, 0.15) is 27.0 Å². The lowest BCUT2D eigenvalue weighted by Gasteiger charge is -2.15. The molecule has 0 aliphatic carbocycles. The first-order chi connectivity index (χ1) is 13.3. The molecule has 0 saturated carbocycles. The molecule has 0 spiro atoms. The average Bonchev–Trinajstić information content (AvgIpc) is 2.66. The quantitative estimate of drug-likeness (QED) is 0.734. The van der Waals surface area contributed by atoms with E-state index >= 15 is 0 Å². The summed E-state index contributed by atoms with van der Waals surface area (Å²) in [5.74, 6) is -0.634. The number of para-hydroxylation sites is 1. The van der Waals surface area contributed by atoms with Crippen LogP contribution in [0.2, 0.25) is 0 Å². The van der Waals surface area contributed by atoms with Crippen molar-refractivity contribution in [3.63, 3.8) is 0 Å². The Morgan fingerprint density at radius 1 is 1.00 bits per heavy atom. The molecule has 2 N–H and O–H groups in total. The molecule has 2 amide bonds. The van der Waals surface area contributed by atoms with Gasteiger partial charge in [-0.25, -0.2) is 0 Å². The van der Waals surface area contributed by atoms with Crippen LogP contribution in [0.3, 0.4) is 0 Å². The second kappa shape index (κ2) is 7.68. The van der Waals surface area contributed by atoms with Gasteiger partial charge in [-0.15, -0.1) is 0 Å². The molecule has 0 saturated heterocycles. The van der Waals surface area contributed by atoms with Crippen molar-refractivity contribution in [2.45, 2.75) is 27.3 Å². The molecule has 28 heavy (non-hydrogen) atoms. The third-order valence-electron chi connectivity index (χ3n) is 4.73. The molecule has 2 aromatic carbocycles. The summed E-state index contributed by atoms with van der Waals surface area (Å²) in [7, 11) is 1.52. The highest BCUT2D eigenvalue weighted by molar-refractivity contribution is 6.06. The van der Waals surface area contributed by atoms with Crippen molar-refractivity contribution < 1.29 is 9.59 Å². The number of benzene rings is 2. The molecular weight excluding hydrogens is 354 g/mol. The van der Waals surface area contributed by atoms with Crippen LogP contribution >= 0.6 is 0 Å². The van der Waals surface area contributed by atoms with Crippen molar-refractivity contribution in [3.05, 3.63) is 75.1 Å². The summed E-state index contributed by atoms with van der Waals surface area (Å²) in [6.07, 6.45) is 0. The first-order valence-corrected chi connectivity index (χ1v) is 9.04. The Bertz CT molecular complexity index is 1120. The summed E-state index contributed by atoms with van der Waals surface area (Å²) in [4.78, 5) is 37.5. The van der Waals surface area contributed by atoms with Gasteiger partial charge < -0.3 is 10.6 Å². The molecular formula is C22H23N3O3. The van der Waals surface area contributed by atoms with Gasteiger partial charge >= 0.3 is 0 Å². The summed E-state index contributed by atoms with van der Waals surface area (Å²) < 4.78 is 1.38. The van der Waals surface area contributed by atoms with Gasteiger partial charge in [0.1, 0.15) is 6.54 Å². The maximum absolute atomic E-state index is 12.7. The summed E-state index contributed by atoms with van der Waals surface area (Å²) in [5.41, 5.74) is 4.27. The Labute approximate surface area is 163 Å². The molecule has 0 bridgehead atoms. The van der Waals surface area contributed by atoms with E-state index in [1.165, 1.54) is 17.7 Å². The Morgan fingerprint density at radius 2 is 1.64 bits per heavy atom. The van der Waals surface area contributed by atoms with E-state index in [0.717, 1.165) is 22.4 Å². The predicted molar refractivity (Wildman–Crippen MR) is 111 cm³/mol. The van der Waals surface area contributed by atoms with Crippen LogP contribution in [0.25, 0.3) is 10.9 Å². The number of fused-ring (bicyclic) bond motifs is 1. The van der Waals surface area contributed by atoms with Crippen molar-refractivity contribution in [2.24, 2.45) is 0 Å². The molecule has 3 aromatic rings. The summed E-state index contributed by atoms with van der Waals surface area (Å²) in [6.45, 7) is 5.75. The van der Waals surface area contributed by atoms with Gasteiger partial charge in [0.15, 0.2) is 0 Å². The summed E-state index contributed by atoms with van der Waals surface area (Å²) >= 11 is 0. The second-order valence-electron chi connectivity index (χ2n) is 6.90. The molecule has 0 aliphatic heterocycles. The number of pyridine rings is 1. The predicted octanol–water partition coefficient (Wildman–Crippen LogP) is 2.93. The fourth-order valence-electron chi connectivity index (χ4n) is 3.52. The van der Waals surface area contributed by atoms with Crippen molar-refractivity contribution in [3.8, 4) is 0 Å².